The van der Waals surface area contributed by atoms with E-state index in [1.165, 1.54) is 7.11 Å². The minimum atomic E-state index is -1.11. The Morgan fingerprint density at radius 1 is 1.57 bits per heavy atom. The molecule has 0 bridgehead atoms. The van der Waals surface area contributed by atoms with Gasteiger partial charge in [0.2, 0.25) is 0 Å². The van der Waals surface area contributed by atoms with Crippen molar-refractivity contribution in [3.8, 4) is 0 Å². The van der Waals surface area contributed by atoms with E-state index >= 15 is 0 Å². The highest BCUT2D eigenvalue weighted by Crippen LogP contribution is 2.18. The third kappa shape index (κ3) is 2.23. The summed E-state index contributed by atoms with van der Waals surface area (Å²) in [6, 6.07) is -0.133. The van der Waals surface area contributed by atoms with Crippen LogP contribution in [0, 0.1) is 0 Å². The molecule has 1 heterocycles. The molecule has 1 unspecified atom stereocenters. The molecule has 0 aromatic heterocycles. The zero-order valence-corrected chi connectivity index (χ0v) is 8.69. The molecular weight excluding hydrogens is 186 g/mol. The summed E-state index contributed by atoms with van der Waals surface area (Å²) in [5.74, 6) is -0.605. The molecule has 14 heavy (non-hydrogen) atoms. The first-order valence-corrected chi connectivity index (χ1v) is 4.65. The first-order valence-electron chi connectivity index (χ1n) is 4.65. The monoisotopic (exact) mass is 203 g/mol. The van der Waals surface area contributed by atoms with Crippen molar-refractivity contribution in [2.24, 2.45) is 0 Å². The largest absolute Gasteiger partial charge is 0.467 e. The molecule has 0 aliphatic carbocycles. The lowest BCUT2D eigenvalue weighted by molar-refractivity contribution is -0.151. The van der Waals surface area contributed by atoms with E-state index in [9.17, 15) is 9.90 Å². The number of carbonyl (C=O) groups excluding carboxylic acids is 1. The van der Waals surface area contributed by atoms with E-state index in [-0.39, 0.29) is 18.2 Å². The summed E-state index contributed by atoms with van der Waals surface area (Å²) in [6.07, 6.45) is -0.449. The maximum Gasteiger partial charge on any atom is 0.336 e. The number of hydrogen-bond donors (Lipinski definition) is 2. The van der Waals surface area contributed by atoms with Crippen LogP contribution >= 0.6 is 0 Å². The second kappa shape index (κ2) is 4.72. The van der Waals surface area contributed by atoms with Gasteiger partial charge in [0.25, 0.3) is 0 Å². The van der Waals surface area contributed by atoms with Crippen molar-refractivity contribution >= 4 is 5.97 Å². The average Bonchev–Trinajstić information content (AvgIpc) is 2.57. The predicted molar refractivity (Wildman–Crippen MR) is 49.8 cm³/mol. The molecule has 2 N–H and O–H groups in total. The molecule has 0 radical (unpaired) electrons. The van der Waals surface area contributed by atoms with E-state index in [4.69, 9.17) is 4.74 Å². The minimum absolute atomic E-state index is 0.0410. The molecular formula is C9H17NO4. The van der Waals surface area contributed by atoms with Crippen LogP contribution in [0.1, 0.15) is 13.3 Å². The summed E-state index contributed by atoms with van der Waals surface area (Å²) in [7, 11) is 2.88. The van der Waals surface area contributed by atoms with Gasteiger partial charge in [-0.05, 0) is 13.3 Å². The fourth-order valence-electron chi connectivity index (χ4n) is 1.77. The molecule has 1 saturated heterocycles. The van der Waals surface area contributed by atoms with Gasteiger partial charge in [0.05, 0.1) is 13.2 Å². The summed E-state index contributed by atoms with van der Waals surface area (Å²) in [6.45, 7) is 1.96. The van der Waals surface area contributed by atoms with Gasteiger partial charge in [-0.25, -0.2) is 4.79 Å². The topological polar surface area (TPSA) is 67.8 Å². The minimum Gasteiger partial charge on any atom is -0.467 e. The van der Waals surface area contributed by atoms with Gasteiger partial charge in [-0.2, -0.15) is 0 Å². The van der Waals surface area contributed by atoms with Gasteiger partial charge in [-0.15, -0.1) is 0 Å². The fraction of sp³-hybridized carbons (Fsp3) is 0.889. The van der Waals surface area contributed by atoms with Gasteiger partial charge in [-0.3, -0.25) is 0 Å². The predicted octanol–water partition coefficient (Wildman–Crippen LogP) is -0.714. The molecule has 5 heteroatoms. The molecule has 82 valence electrons. The molecule has 0 amide bonds. The normalized spacial score (nSPS) is 34.1. The van der Waals surface area contributed by atoms with Gasteiger partial charge in [0.1, 0.15) is 0 Å². The number of nitrogens with one attached hydrogen (secondary N) is 1. The summed E-state index contributed by atoms with van der Waals surface area (Å²) in [5.41, 5.74) is 0. The van der Waals surface area contributed by atoms with Crippen molar-refractivity contribution in [3.05, 3.63) is 0 Å². The van der Waals surface area contributed by atoms with Crippen LogP contribution < -0.4 is 5.32 Å². The molecule has 5 nitrogen and oxygen atoms in total. The van der Waals surface area contributed by atoms with E-state index in [2.05, 4.69) is 10.1 Å². The number of aliphatic hydroxyl groups is 1. The third-order valence-corrected chi connectivity index (χ3v) is 2.65. The fourth-order valence-corrected chi connectivity index (χ4v) is 1.77. The van der Waals surface area contributed by atoms with Crippen LogP contribution in [0.3, 0.4) is 0 Å². The number of esters is 1. The van der Waals surface area contributed by atoms with E-state index in [1.54, 1.807) is 7.11 Å². The first kappa shape index (κ1) is 11.4. The smallest absolute Gasteiger partial charge is 0.336 e. The Morgan fingerprint density at radius 2 is 2.21 bits per heavy atom. The highest BCUT2D eigenvalue weighted by Gasteiger charge is 2.37. The number of rotatable bonds is 3. The third-order valence-electron chi connectivity index (χ3n) is 2.65. The van der Waals surface area contributed by atoms with E-state index in [1.807, 2.05) is 6.92 Å². The summed E-state index contributed by atoms with van der Waals surface area (Å²) >= 11 is 0. The van der Waals surface area contributed by atoms with Crippen molar-refractivity contribution in [2.75, 3.05) is 14.2 Å². The summed E-state index contributed by atoms with van der Waals surface area (Å²) in [5, 5.41) is 12.6. The Labute approximate surface area is 83.4 Å². The molecule has 0 spiro atoms. The Morgan fingerprint density at radius 3 is 2.64 bits per heavy atom. The lowest BCUT2D eigenvalue weighted by Gasteiger charge is -2.15. The van der Waals surface area contributed by atoms with E-state index in [0.29, 0.717) is 6.42 Å². The summed E-state index contributed by atoms with van der Waals surface area (Å²) < 4.78 is 9.65. The first-order chi connectivity index (χ1) is 6.60. The van der Waals surface area contributed by atoms with Gasteiger partial charge in [0.15, 0.2) is 6.10 Å². The van der Waals surface area contributed by atoms with Crippen molar-refractivity contribution in [3.63, 3.8) is 0 Å². The van der Waals surface area contributed by atoms with Gasteiger partial charge >= 0.3 is 5.97 Å². The van der Waals surface area contributed by atoms with E-state index < -0.39 is 12.1 Å². The van der Waals surface area contributed by atoms with E-state index in [0.717, 1.165) is 0 Å². The number of hydrogen-bond acceptors (Lipinski definition) is 5. The number of carbonyl (C=O) groups is 1. The number of methoxy groups -OCH3 is 2. The number of ether oxygens (including phenoxy) is 2. The standard InChI is InChI=1S/C9H17NO4/c1-5-7(13-2)4-6(10-5)8(11)9(12)14-3/h5-8,10-11H,4H2,1-3H3/t5-,6-,7-,8?/m0/s1. The maximum atomic E-state index is 11.0. The van der Waals surface area contributed by atoms with Crippen LogP contribution in [0.4, 0.5) is 0 Å². The Hall–Kier alpha value is -0.650. The Balaban J connectivity index is 2.52. The van der Waals surface area contributed by atoms with Crippen LogP contribution in [-0.2, 0) is 14.3 Å². The van der Waals surface area contributed by atoms with Crippen LogP contribution in [-0.4, -0.2) is 49.6 Å². The zero-order chi connectivity index (χ0) is 10.7. The van der Waals surface area contributed by atoms with Gasteiger partial charge in [-0.1, -0.05) is 0 Å². The molecule has 0 saturated carbocycles. The lowest BCUT2D eigenvalue weighted by atomic mass is 10.1. The van der Waals surface area contributed by atoms with Gasteiger partial charge in [0, 0.05) is 19.2 Å². The molecule has 1 rings (SSSR count). The second-order valence-corrected chi connectivity index (χ2v) is 3.54. The van der Waals surface area contributed by atoms with Crippen LogP contribution in [0.2, 0.25) is 0 Å². The van der Waals surface area contributed by atoms with Crippen molar-refractivity contribution in [1.29, 1.82) is 0 Å². The lowest BCUT2D eigenvalue weighted by Crippen LogP contribution is -2.42. The Kier molecular flexibility index (Phi) is 3.86. The molecule has 1 fully saturated rings. The van der Waals surface area contributed by atoms with Crippen molar-refractivity contribution in [1.82, 2.24) is 5.32 Å². The SMILES string of the molecule is COC(=O)C(O)[C@@H]1C[C@H](OC)[C@H](C)N1. The van der Waals surface area contributed by atoms with Crippen LogP contribution in [0.25, 0.3) is 0 Å². The Bertz CT molecular complexity index is 209. The van der Waals surface area contributed by atoms with Crippen LogP contribution in [0.15, 0.2) is 0 Å². The second-order valence-electron chi connectivity index (χ2n) is 3.54. The molecule has 0 aromatic carbocycles. The highest BCUT2D eigenvalue weighted by molar-refractivity contribution is 5.75. The average molecular weight is 203 g/mol. The quantitative estimate of drug-likeness (QED) is 0.593. The van der Waals surface area contributed by atoms with Crippen LogP contribution in [0.5, 0.6) is 0 Å². The molecule has 1 aliphatic heterocycles. The zero-order valence-electron chi connectivity index (χ0n) is 8.69. The van der Waals surface area contributed by atoms with Crippen molar-refractivity contribution in [2.45, 2.75) is 37.6 Å². The molecule has 4 atom stereocenters. The van der Waals surface area contributed by atoms with Gasteiger partial charge < -0.3 is 19.9 Å². The number of aliphatic hydroxyl groups excluding tert-OH is 1. The highest BCUT2D eigenvalue weighted by atomic mass is 16.5. The van der Waals surface area contributed by atoms with Crippen molar-refractivity contribution < 1.29 is 19.4 Å². The molecule has 0 aromatic rings. The summed E-state index contributed by atoms with van der Waals surface area (Å²) in [4.78, 5) is 11.0. The maximum absolute atomic E-state index is 11.0. The molecule has 1 aliphatic rings.